The van der Waals surface area contributed by atoms with E-state index in [1.807, 2.05) is 36.4 Å². The van der Waals surface area contributed by atoms with Crippen LogP contribution in [0.1, 0.15) is 0 Å². The second-order valence-corrected chi connectivity index (χ2v) is 5.62. The first-order valence-electron chi connectivity index (χ1n) is 6.60. The molecule has 0 fully saturated rings. The number of nitrogens with zero attached hydrogens (tertiary/aromatic N) is 1. The molecule has 0 saturated heterocycles. The van der Waals surface area contributed by atoms with E-state index in [0.717, 1.165) is 22.4 Å². The fourth-order valence-corrected chi connectivity index (χ4v) is 2.57. The van der Waals surface area contributed by atoms with Crippen LogP contribution in [-0.4, -0.2) is 4.98 Å². The standard InChI is InChI=1S/C17H9Cl2NO2/c18-12-5-3-11(8-13(12)19)17-20-14-9-10(4-6-16(14)22-17)15-2-1-7-21-15/h1-9H. The van der Waals surface area contributed by atoms with E-state index in [4.69, 9.17) is 32.0 Å². The molecule has 0 spiro atoms. The van der Waals surface area contributed by atoms with Gasteiger partial charge in [0.25, 0.3) is 0 Å². The number of oxazole rings is 1. The van der Waals surface area contributed by atoms with Crippen molar-refractivity contribution in [2.24, 2.45) is 0 Å². The zero-order valence-electron chi connectivity index (χ0n) is 11.2. The molecule has 3 nitrogen and oxygen atoms in total. The Balaban J connectivity index is 1.81. The maximum absolute atomic E-state index is 6.04. The fourth-order valence-electron chi connectivity index (χ4n) is 2.28. The van der Waals surface area contributed by atoms with Gasteiger partial charge in [-0.2, -0.15) is 0 Å². The summed E-state index contributed by atoms with van der Waals surface area (Å²) in [6, 6.07) is 14.8. The second-order valence-electron chi connectivity index (χ2n) is 4.81. The van der Waals surface area contributed by atoms with Crippen LogP contribution in [0.3, 0.4) is 0 Å². The third-order valence-corrected chi connectivity index (χ3v) is 4.10. The highest BCUT2D eigenvalue weighted by atomic mass is 35.5. The number of aromatic nitrogens is 1. The van der Waals surface area contributed by atoms with Gasteiger partial charge in [0.15, 0.2) is 5.58 Å². The molecule has 2 heterocycles. The molecule has 0 aliphatic heterocycles. The maximum Gasteiger partial charge on any atom is 0.227 e. The van der Waals surface area contributed by atoms with Crippen molar-refractivity contribution in [3.8, 4) is 22.8 Å². The van der Waals surface area contributed by atoms with Gasteiger partial charge in [-0.3, -0.25) is 0 Å². The lowest BCUT2D eigenvalue weighted by molar-refractivity contribution is 0.582. The van der Waals surface area contributed by atoms with Crippen LogP contribution in [0.2, 0.25) is 10.0 Å². The van der Waals surface area contributed by atoms with Crippen molar-refractivity contribution in [1.82, 2.24) is 4.98 Å². The first-order chi connectivity index (χ1) is 10.7. The van der Waals surface area contributed by atoms with Crippen molar-refractivity contribution in [3.63, 3.8) is 0 Å². The van der Waals surface area contributed by atoms with Crippen molar-refractivity contribution in [2.75, 3.05) is 0 Å². The van der Waals surface area contributed by atoms with Crippen molar-refractivity contribution < 1.29 is 8.83 Å². The topological polar surface area (TPSA) is 39.2 Å². The van der Waals surface area contributed by atoms with Crippen molar-refractivity contribution in [2.45, 2.75) is 0 Å². The van der Waals surface area contributed by atoms with Crippen molar-refractivity contribution >= 4 is 34.3 Å². The van der Waals surface area contributed by atoms with Gasteiger partial charge in [0.1, 0.15) is 11.3 Å². The SMILES string of the molecule is Clc1ccc(-c2nc3cc(-c4ccco4)ccc3o2)cc1Cl. The zero-order valence-corrected chi connectivity index (χ0v) is 12.7. The van der Waals surface area contributed by atoms with Crippen LogP contribution in [0, 0.1) is 0 Å². The molecule has 22 heavy (non-hydrogen) atoms. The lowest BCUT2D eigenvalue weighted by atomic mass is 10.1. The Morgan fingerprint density at radius 2 is 1.73 bits per heavy atom. The number of furan rings is 1. The summed E-state index contributed by atoms with van der Waals surface area (Å²) in [5.41, 5.74) is 3.20. The number of rotatable bonds is 2. The summed E-state index contributed by atoms with van der Waals surface area (Å²) >= 11 is 12.0. The third-order valence-electron chi connectivity index (χ3n) is 3.36. The summed E-state index contributed by atoms with van der Waals surface area (Å²) in [5, 5.41) is 0.972. The number of fused-ring (bicyclic) bond motifs is 1. The monoisotopic (exact) mass is 329 g/mol. The zero-order chi connectivity index (χ0) is 15.1. The molecule has 0 amide bonds. The van der Waals surface area contributed by atoms with Gasteiger partial charge in [0.2, 0.25) is 5.89 Å². The highest BCUT2D eigenvalue weighted by Crippen LogP contribution is 2.31. The Morgan fingerprint density at radius 1 is 0.864 bits per heavy atom. The van der Waals surface area contributed by atoms with E-state index in [2.05, 4.69) is 4.98 Å². The van der Waals surface area contributed by atoms with Gasteiger partial charge in [-0.25, -0.2) is 4.98 Å². The van der Waals surface area contributed by atoms with Crippen molar-refractivity contribution in [1.29, 1.82) is 0 Å². The number of halogens is 2. The quantitative estimate of drug-likeness (QED) is 0.448. The predicted octanol–water partition coefficient (Wildman–Crippen LogP) is 6.06. The van der Waals surface area contributed by atoms with Crippen LogP contribution < -0.4 is 0 Å². The van der Waals surface area contributed by atoms with Gasteiger partial charge in [0, 0.05) is 11.1 Å². The fraction of sp³-hybridized carbons (Fsp3) is 0. The lowest BCUT2D eigenvalue weighted by Crippen LogP contribution is -1.78. The summed E-state index contributed by atoms with van der Waals surface area (Å²) in [6.07, 6.45) is 1.64. The number of hydrogen-bond acceptors (Lipinski definition) is 3. The second kappa shape index (κ2) is 5.20. The third kappa shape index (κ3) is 2.28. The molecule has 2 aromatic heterocycles. The van der Waals surface area contributed by atoms with Crippen LogP contribution in [-0.2, 0) is 0 Å². The van der Waals surface area contributed by atoms with E-state index in [9.17, 15) is 0 Å². The van der Waals surface area contributed by atoms with E-state index in [-0.39, 0.29) is 0 Å². The molecule has 108 valence electrons. The normalized spacial score (nSPS) is 11.2. The van der Waals surface area contributed by atoms with E-state index < -0.39 is 0 Å². The minimum Gasteiger partial charge on any atom is -0.464 e. The highest BCUT2D eigenvalue weighted by molar-refractivity contribution is 6.42. The molecule has 4 aromatic rings. The van der Waals surface area contributed by atoms with Crippen LogP contribution >= 0.6 is 23.2 Å². The van der Waals surface area contributed by atoms with Crippen LogP contribution in [0.15, 0.2) is 63.6 Å². The molecule has 0 aliphatic rings. The molecule has 0 unspecified atom stereocenters. The predicted molar refractivity (Wildman–Crippen MR) is 87.2 cm³/mol. The Labute approximate surface area is 136 Å². The van der Waals surface area contributed by atoms with E-state index in [0.29, 0.717) is 21.5 Å². The minimum absolute atomic E-state index is 0.470. The summed E-state index contributed by atoms with van der Waals surface area (Å²) < 4.78 is 11.2. The van der Waals surface area contributed by atoms with E-state index in [1.165, 1.54) is 0 Å². The number of hydrogen-bond donors (Lipinski definition) is 0. The van der Waals surface area contributed by atoms with Crippen molar-refractivity contribution in [3.05, 3.63) is 64.8 Å². The van der Waals surface area contributed by atoms with Gasteiger partial charge >= 0.3 is 0 Å². The molecule has 0 bridgehead atoms. The van der Waals surface area contributed by atoms with E-state index in [1.54, 1.807) is 18.4 Å². The molecule has 0 atom stereocenters. The molecule has 0 radical (unpaired) electrons. The van der Waals surface area contributed by atoms with Gasteiger partial charge in [-0.1, -0.05) is 23.2 Å². The summed E-state index contributed by atoms with van der Waals surface area (Å²) in [5.74, 6) is 1.30. The lowest BCUT2D eigenvalue weighted by Gasteiger charge is -1.97. The summed E-state index contributed by atoms with van der Waals surface area (Å²) in [7, 11) is 0. The molecule has 0 aliphatic carbocycles. The Kier molecular flexibility index (Phi) is 3.17. The van der Waals surface area contributed by atoms with Gasteiger partial charge < -0.3 is 8.83 Å². The highest BCUT2D eigenvalue weighted by Gasteiger charge is 2.11. The molecule has 2 aromatic carbocycles. The number of benzene rings is 2. The molecular weight excluding hydrogens is 321 g/mol. The first-order valence-corrected chi connectivity index (χ1v) is 7.36. The van der Waals surface area contributed by atoms with Gasteiger partial charge in [0.05, 0.1) is 16.3 Å². The van der Waals surface area contributed by atoms with Gasteiger partial charge in [-0.05, 0) is 48.5 Å². The Morgan fingerprint density at radius 3 is 2.50 bits per heavy atom. The first kappa shape index (κ1) is 13.4. The van der Waals surface area contributed by atoms with Crippen LogP contribution in [0.5, 0.6) is 0 Å². The molecule has 0 saturated carbocycles. The smallest absolute Gasteiger partial charge is 0.227 e. The molecular formula is C17H9Cl2NO2. The average Bonchev–Trinajstić information content (AvgIpc) is 3.17. The minimum atomic E-state index is 0.470. The molecule has 4 rings (SSSR count). The van der Waals surface area contributed by atoms with E-state index >= 15 is 0 Å². The van der Waals surface area contributed by atoms with Crippen LogP contribution in [0.25, 0.3) is 33.9 Å². The molecule has 0 N–H and O–H groups in total. The average molecular weight is 330 g/mol. The van der Waals surface area contributed by atoms with Crippen LogP contribution in [0.4, 0.5) is 0 Å². The Bertz CT molecular complexity index is 958. The summed E-state index contributed by atoms with van der Waals surface area (Å²) in [6.45, 7) is 0. The van der Waals surface area contributed by atoms with Gasteiger partial charge in [-0.15, -0.1) is 0 Å². The maximum atomic E-state index is 6.04. The summed E-state index contributed by atoms with van der Waals surface area (Å²) in [4.78, 5) is 4.51. The largest absolute Gasteiger partial charge is 0.464 e. The molecule has 5 heteroatoms. The Hall–Kier alpha value is -2.23.